The van der Waals surface area contributed by atoms with Crippen molar-refractivity contribution in [1.82, 2.24) is 10.6 Å². The van der Waals surface area contributed by atoms with E-state index in [0.717, 1.165) is 36.8 Å². The summed E-state index contributed by atoms with van der Waals surface area (Å²) in [5.74, 6) is -1.60. The van der Waals surface area contributed by atoms with Gasteiger partial charge in [0.2, 0.25) is 5.91 Å². The molecule has 1 saturated carbocycles. The van der Waals surface area contributed by atoms with Crippen LogP contribution in [0.15, 0.2) is 54.6 Å². The Labute approximate surface area is 225 Å². The van der Waals surface area contributed by atoms with E-state index >= 15 is 0 Å². The molecule has 1 fully saturated rings. The van der Waals surface area contributed by atoms with Gasteiger partial charge in [-0.3, -0.25) is 9.59 Å². The van der Waals surface area contributed by atoms with Gasteiger partial charge in [-0.15, -0.1) is 0 Å². The fraction of sp³-hybridized carbons (Fsp3) is 0.548. The fourth-order valence-corrected chi connectivity index (χ4v) is 6.21. The van der Waals surface area contributed by atoms with Crippen LogP contribution in [-0.4, -0.2) is 51.5 Å². The maximum absolute atomic E-state index is 13.5. The maximum Gasteiger partial charge on any atom is 0.251 e. The third-order valence-electron chi connectivity index (χ3n) is 8.32. The van der Waals surface area contributed by atoms with Gasteiger partial charge in [0.15, 0.2) is 0 Å². The number of hydrogen-bond donors (Lipinski definition) is 5. The second kappa shape index (κ2) is 12.9. The van der Waals surface area contributed by atoms with Gasteiger partial charge in [-0.05, 0) is 41.5 Å². The summed E-state index contributed by atoms with van der Waals surface area (Å²) >= 11 is 0. The zero-order valence-corrected chi connectivity index (χ0v) is 22.4. The molecular weight excluding hydrogens is 480 g/mol. The van der Waals surface area contributed by atoms with Crippen molar-refractivity contribution in [2.24, 2.45) is 17.8 Å². The van der Waals surface area contributed by atoms with Crippen molar-refractivity contribution in [2.75, 3.05) is 0 Å². The Bertz CT molecular complexity index is 1070. The number of benzene rings is 2. The van der Waals surface area contributed by atoms with Gasteiger partial charge >= 0.3 is 0 Å². The lowest BCUT2D eigenvalue weighted by atomic mass is 9.79. The summed E-state index contributed by atoms with van der Waals surface area (Å²) in [7, 11) is 0. The van der Waals surface area contributed by atoms with Gasteiger partial charge in [-0.25, -0.2) is 0 Å². The summed E-state index contributed by atoms with van der Waals surface area (Å²) in [6.45, 7) is 3.66. The highest BCUT2D eigenvalue weighted by molar-refractivity contribution is 5.94. The van der Waals surface area contributed by atoms with E-state index < -0.39 is 42.2 Å². The van der Waals surface area contributed by atoms with E-state index in [9.17, 15) is 24.9 Å². The van der Waals surface area contributed by atoms with Crippen molar-refractivity contribution in [2.45, 2.75) is 89.2 Å². The van der Waals surface area contributed by atoms with Crippen LogP contribution in [0.4, 0.5) is 0 Å². The molecule has 4 rings (SSSR count). The predicted octanol–water partition coefficient (Wildman–Crippen LogP) is 3.52. The number of carbonyl (C=O) groups excluding carboxylic acids is 2. The Morgan fingerprint density at radius 1 is 0.921 bits per heavy atom. The molecule has 7 nitrogen and oxygen atoms in total. The van der Waals surface area contributed by atoms with E-state index in [2.05, 4.69) is 10.6 Å². The highest BCUT2D eigenvalue weighted by Crippen LogP contribution is 2.33. The minimum atomic E-state index is -1.39. The Morgan fingerprint density at radius 2 is 1.58 bits per heavy atom. The lowest BCUT2D eigenvalue weighted by Gasteiger charge is -2.36. The molecule has 6 atom stereocenters. The van der Waals surface area contributed by atoms with Crippen LogP contribution >= 0.6 is 0 Å². The molecule has 0 radical (unpaired) electrons. The molecule has 7 heteroatoms. The fourth-order valence-electron chi connectivity index (χ4n) is 6.21. The van der Waals surface area contributed by atoms with Gasteiger partial charge in [0.05, 0.1) is 30.2 Å². The van der Waals surface area contributed by atoms with Crippen molar-refractivity contribution >= 4 is 11.8 Å². The van der Waals surface area contributed by atoms with E-state index in [1.807, 2.05) is 44.2 Å². The number of hydrogen-bond acceptors (Lipinski definition) is 5. The third kappa shape index (κ3) is 6.63. The molecule has 2 aromatic rings. The summed E-state index contributed by atoms with van der Waals surface area (Å²) in [4.78, 5) is 26.6. The highest BCUT2D eigenvalue weighted by Gasteiger charge is 2.41. The summed E-state index contributed by atoms with van der Waals surface area (Å²) in [5, 5.41) is 39.4. The van der Waals surface area contributed by atoms with Crippen LogP contribution in [0.2, 0.25) is 0 Å². The first-order valence-electron chi connectivity index (χ1n) is 14.0. The number of nitrogens with one attached hydrogen (secondary N) is 2. The lowest BCUT2D eigenvalue weighted by Crippen LogP contribution is -2.55. The standard InChI is InChI=1S/C31H42N2O5/c1-19(2)26(31(38)33-27-23-16-10-9-15-22(23)18-25(27)34)29(36)28(35)24(17-20-11-5-3-6-12-20)32-30(37)21-13-7-4-8-14-21/h4,7-10,13-16,19-20,24-29,34-36H,3,5-6,11-12,17-18H2,1-2H3,(H,32,37)(H,33,38)/t24-,25?,26+,27-,28+,29+/m0/s1. The minimum Gasteiger partial charge on any atom is -0.390 e. The van der Waals surface area contributed by atoms with Crippen molar-refractivity contribution in [3.05, 3.63) is 71.3 Å². The largest absolute Gasteiger partial charge is 0.390 e. The second-order valence-electron chi connectivity index (χ2n) is 11.4. The number of carbonyl (C=O) groups is 2. The first-order valence-corrected chi connectivity index (χ1v) is 14.0. The van der Waals surface area contributed by atoms with Gasteiger partial charge in [0, 0.05) is 12.0 Å². The molecule has 2 amide bonds. The lowest BCUT2D eigenvalue weighted by molar-refractivity contribution is -0.137. The Morgan fingerprint density at radius 3 is 2.26 bits per heavy atom. The first kappa shape index (κ1) is 28.3. The van der Waals surface area contributed by atoms with E-state index in [1.54, 1.807) is 24.3 Å². The van der Waals surface area contributed by atoms with E-state index in [-0.39, 0.29) is 11.8 Å². The van der Waals surface area contributed by atoms with E-state index in [1.165, 1.54) is 6.42 Å². The second-order valence-corrected chi connectivity index (χ2v) is 11.4. The van der Waals surface area contributed by atoms with Crippen molar-refractivity contribution in [3.63, 3.8) is 0 Å². The van der Waals surface area contributed by atoms with Gasteiger partial charge in [0.1, 0.15) is 6.10 Å². The van der Waals surface area contributed by atoms with Crippen LogP contribution in [0.3, 0.4) is 0 Å². The number of fused-ring (bicyclic) bond motifs is 1. The topological polar surface area (TPSA) is 119 Å². The Kier molecular flexibility index (Phi) is 9.58. The first-order chi connectivity index (χ1) is 18.3. The Balaban J connectivity index is 1.51. The third-order valence-corrected chi connectivity index (χ3v) is 8.32. The SMILES string of the molecule is CC(C)[C@@H](C(=O)N[C@H]1c2ccccc2CC1O)[C@@H](O)[C@H](O)[C@H](CC1CCCCC1)NC(=O)c1ccccc1. The van der Waals surface area contributed by atoms with Crippen molar-refractivity contribution in [1.29, 1.82) is 0 Å². The minimum absolute atomic E-state index is 0.284. The Hall–Kier alpha value is -2.74. The summed E-state index contributed by atoms with van der Waals surface area (Å²) in [6.07, 6.45) is 2.98. The number of rotatable bonds is 10. The molecule has 0 aromatic heterocycles. The number of amides is 2. The van der Waals surface area contributed by atoms with Crippen LogP contribution in [0.1, 0.15) is 79.9 Å². The molecule has 0 saturated heterocycles. The maximum atomic E-state index is 13.5. The van der Waals surface area contributed by atoms with Crippen LogP contribution in [0, 0.1) is 17.8 Å². The van der Waals surface area contributed by atoms with Gasteiger partial charge < -0.3 is 26.0 Å². The normalized spacial score (nSPS) is 22.8. The molecule has 206 valence electrons. The molecule has 0 aliphatic heterocycles. The van der Waals surface area contributed by atoms with Crippen molar-refractivity contribution < 1.29 is 24.9 Å². The number of aliphatic hydroxyl groups excluding tert-OH is 3. The van der Waals surface area contributed by atoms with Crippen LogP contribution in [0.5, 0.6) is 0 Å². The molecular formula is C31H42N2O5. The molecule has 1 unspecified atom stereocenters. The van der Waals surface area contributed by atoms with Gasteiger partial charge in [-0.2, -0.15) is 0 Å². The summed E-state index contributed by atoms with van der Waals surface area (Å²) < 4.78 is 0. The summed E-state index contributed by atoms with van der Waals surface area (Å²) in [6, 6.07) is 15.2. The molecule has 5 N–H and O–H groups in total. The monoisotopic (exact) mass is 522 g/mol. The smallest absolute Gasteiger partial charge is 0.251 e. The van der Waals surface area contributed by atoms with Crippen LogP contribution in [-0.2, 0) is 11.2 Å². The molecule has 0 heterocycles. The summed E-state index contributed by atoms with van der Waals surface area (Å²) in [5.41, 5.74) is 2.34. The van der Waals surface area contributed by atoms with Gasteiger partial charge in [-0.1, -0.05) is 88.4 Å². The molecule has 2 aliphatic rings. The molecule has 0 bridgehead atoms. The average Bonchev–Trinajstić information content (AvgIpc) is 3.23. The molecule has 0 spiro atoms. The zero-order valence-electron chi connectivity index (χ0n) is 22.4. The van der Waals surface area contributed by atoms with Crippen LogP contribution in [0.25, 0.3) is 0 Å². The highest BCUT2D eigenvalue weighted by atomic mass is 16.3. The number of aliphatic hydroxyl groups is 3. The zero-order chi connectivity index (χ0) is 27.2. The van der Waals surface area contributed by atoms with Gasteiger partial charge in [0.25, 0.3) is 5.91 Å². The average molecular weight is 523 g/mol. The molecule has 2 aromatic carbocycles. The molecule has 38 heavy (non-hydrogen) atoms. The van der Waals surface area contributed by atoms with E-state index in [4.69, 9.17) is 0 Å². The van der Waals surface area contributed by atoms with E-state index in [0.29, 0.717) is 24.3 Å². The molecule has 2 aliphatic carbocycles. The predicted molar refractivity (Wildman–Crippen MR) is 146 cm³/mol. The quantitative estimate of drug-likeness (QED) is 0.327. The van der Waals surface area contributed by atoms with Crippen molar-refractivity contribution in [3.8, 4) is 0 Å². The van der Waals surface area contributed by atoms with Crippen LogP contribution < -0.4 is 10.6 Å².